The third kappa shape index (κ3) is 6.18. The van der Waals surface area contributed by atoms with Crippen molar-refractivity contribution in [3.8, 4) is 5.69 Å². The van der Waals surface area contributed by atoms with Crippen LogP contribution in [0.1, 0.15) is 0 Å². The monoisotopic (exact) mass is 475 g/mol. The summed E-state index contributed by atoms with van der Waals surface area (Å²) < 4.78 is 1.57. The molecule has 0 spiro atoms. The Morgan fingerprint density at radius 1 is 1.22 bits per heavy atom. The van der Waals surface area contributed by atoms with Crippen LogP contribution in [0.4, 0.5) is 17.3 Å². The largest absolute Gasteiger partial charge is 0.385 e. The molecule has 11 nitrogen and oxygen atoms in total. The maximum absolute atomic E-state index is 12.2. The van der Waals surface area contributed by atoms with Crippen molar-refractivity contribution in [2.45, 2.75) is 5.16 Å². The van der Waals surface area contributed by atoms with Crippen LogP contribution in [0.5, 0.6) is 0 Å². The summed E-state index contributed by atoms with van der Waals surface area (Å²) >= 11 is 7.00. The van der Waals surface area contributed by atoms with Crippen LogP contribution >= 0.6 is 23.4 Å². The fraction of sp³-hybridized carbons (Fsp3) is 0.158. The van der Waals surface area contributed by atoms with E-state index in [1.165, 1.54) is 18.2 Å². The number of amides is 1. The zero-order valence-corrected chi connectivity index (χ0v) is 18.1. The van der Waals surface area contributed by atoms with Gasteiger partial charge in [-0.25, -0.2) is 4.98 Å². The zero-order valence-electron chi connectivity index (χ0n) is 16.5. The molecule has 0 saturated heterocycles. The maximum Gasteiger partial charge on any atom is 0.287 e. The summed E-state index contributed by atoms with van der Waals surface area (Å²) in [4.78, 5) is 42.0. The minimum absolute atomic E-state index is 0.0132. The number of carbonyl (C=O) groups is 1. The van der Waals surface area contributed by atoms with E-state index in [1.54, 1.807) is 28.8 Å². The van der Waals surface area contributed by atoms with E-state index >= 15 is 0 Å². The predicted molar refractivity (Wildman–Crippen MR) is 122 cm³/mol. The molecule has 32 heavy (non-hydrogen) atoms. The number of halogens is 1. The number of nitro groups is 1. The second-order valence-electron chi connectivity index (χ2n) is 6.34. The molecule has 0 saturated carbocycles. The van der Waals surface area contributed by atoms with Crippen LogP contribution in [0.2, 0.25) is 5.02 Å². The molecule has 3 aromatic rings. The summed E-state index contributed by atoms with van der Waals surface area (Å²) in [6, 6.07) is 10.8. The molecule has 0 aliphatic carbocycles. The van der Waals surface area contributed by atoms with Gasteiger partial charge in [0.2, 0.25) is 5.91 Å². The fourth-order valence-corrected chi connectivity index (χ4v) is 3.58. The Morgan fingerprint density at radius 2 is 1.97 bits per heavy atom. The minimum atomic E-state index is -0.531. The molecule has 2 heterocycles. The number of hydrogen-bond donors (Lipinski definition) is 3. The zero-order chi connectivity index (χ0) is 23.1. The number of aromatic nitrogens is 3. The van der Waals surface area contributed by atoms with Crippen molar-refractivity contribution in [1.82, 2.24) is 19.9 Å². The highest BCUT2D eigenvalue weighted by Gasteiger charge is 2.13. The van der Waals surface area contributed by atoms with Crippen LogP contribution in [-0.2, 0) is 4.79 Å². The van der Waals surface area contributed by atoms with E-state index in [0.717, 1.165) is 18.0 Å². The number of carbonyl (C=O) groups excluding carboxylic acids is 1. The molecule has 1 amide bonds. The summed E-state index contributed by atoms with van der Waals surface area (Å²) in [5, 5.41) is 17.1. The number of pyridine rings is 1. The lowest BCUT2D eigenvalue weighted by molar-refractivity contribution is -0.385. The molecule has 0 fully saturated rings. The van der Waals surface area contributed by atoms with Gasteiger partial charge in [-0.15, -0.1) is 0 Å². The average molecular weight is 476 g/mol. The van der Waals surface area contributed by atoms with Crippen molar-refractivity contribution < 1.29 is 9.72 Å². The summed E-state index contributed by atoms with van der Waals surface area (Å²) in [6.45, 7) is 0.666. The summed E-state index contributed by atoms with van der Waals surface area (Å²) in [7, 11) is 0. The van der Waals surface area contributed by atoms with Gasteiger partial charge in [0, 0.05) is 35.9 Å². The van der Waals surface area contributed by atoms with Gasteiger partial charge in [-0.05, 0) is 30.3 Å². The van der Waals surface area contributed by atoms with Gasteiger partial charge in [0.25, 0.3) is 11.2 Å². The van der Waals surface area contributed by atoms with Crippen LogP contribution in [0.15, 0.2) is 58.6 Å². The molecule has 166 valence electrons. The second-order valence-corrected chi connectivity index (χ2v) is 7.72. The summed E-state index contributed by atoms with van der Waals surface area (Å²) in [6.07, 6.45) is 1.15. The van der Waals surface area contributed by atoms with E-state index in [4.69, 9.17) is 17.3 Å². The lowest BCUT2D eigenvalue weighted by Crippen LogP contribution is -2.30. The normalized spacial score (nSPS) is 10.5. The van der Waals surface area contributed by atoms with E-state index in [-0.39, 0.29) is 28.3 Å². The van der Waals surface area contributed by atoms with Crippen molar-refractivity contribution in [3.63, 3.8) is 0 Å². The molecule has 1 aromatic carbocycles. The first-order valence-corrected chi connectivity index (χ1v) is 10.6. The topological polar surface area (TPSA) is 158 Å². The molecule has 0 radical (unpaired) electrons. The third-order valence-corrected chi connectivity index (χ3v) is 5.25. The SMILES string of the molecule is Nc1cc(=O)nc(SCC(=O)NCCNc2ccc([N+](=O)[O-])cn2)n1-c1ccc(Cl)cc1. The first-order chi connectivity index (χ1) is 15.3. The highest BCUT2D eigenvalue weighted by Crippen LogP contribution is 2.23. The Morgan fingerprint density at radius 3 is 2.62 bits per heavy atom. The van der Waals surface area contributed by atoms with Gasteiger partial charge in [-0.3, -0.25) is 24.3 Å². The van der Waals surface area contributed by atoms with Crippen LogP contribution in [0.3, 0.4) is 0 Å². The van der Waals surface area contributed by atoms with Crippen LogP contribution < -0.4 is 21.9 Å². The van der Waals surface area contributed by atoms with Crippen LogP contribution in [0, 0.1) is 10.1 Å². The van der Waals surface area contributed by atoms with E-state index in [2.05, 4.69) is 20.6 Å². The van der Waals surface area contributed by atoms with Crippen LogP contribution in [0.25, 0.3) is 5.69 Å². The Bertz CT molecular complexity index is 1170. The smallest absolute Gasteiger partial charge is 0.287 e. The van der Waals surface area contributed by atoms with Crippen molar-refractivity contribution in [2.75, 3.05) is 29.9 Å². The number of nitrogens with zero attached hydrogens (tertiary/aromatic N) is 4. The van der Waals surface area contributed by atoms with E-state index in [0.29, 0.717) is 29.6 Å². The standard InChI is InChI=1S/C19H18ClN7O4S/c20-12-1-3-13(4-2-12)26-15(21)9-17(28)25-19(26)32-11-18(29)23-8-7-22-16-6-5-14(10-24-16)27(30)31/h1-6,9-10H,7-8,11,21H2,(H,22,24)(H,23,29). The molecule has 13 heteroatoms. The lowest BCUT2D eigenvalue weighted by atomic mass is 10.3. The van der Waals surface area contributed by atoms with Crippen molar-refractivity contribution in [3.05, 3.63) is 74.2 Å². The van der Waals surface area contributed by atoms with E-state index < -0.39 is 10.5 Å². The molecule has 3 rings (SSSR count). The first kappa shape index (κ1) is 23.0. The minimum Gasteiger partial charge on any atom is -0.385 e. The number of nitrogen functional groups attached to an aromatic ring is 1. The van der Waals surface area contributed by atoms with Gasteiger partial charge < -0.3 is 16.4 Å². The van der Waals surface area contributed by atoms with Crippen LogP contribution in [-0.4, -0.2) is 44.2 Å². The number of hydrogen-bond acceptors (Lipinski definition) is 9. The molecular formula is C19H18ClN7O4S. The van der Waals surface area contributed by atoms with E-state index in [9.17, 15) is 19.7 Å². The van der Waals surface area contributed by atoms with Gasteiger partial charge in [-0.1, -0.05) is 23.4 Å². The Balaban J connectivity index is 1.54. The molecule has 0 bridgehead atoms. The molecule has 2 aromatic heterocycles. The van der Waals surface area contributed by atoms with Gasteiger partial charge in [0.1, 0.15) is 17.8 Å². The fourth-order valence-electron chi connectivity index (χ4n) is 2.60. The van der Waals surface area contributed by atoms with Gasteiger partial charge in [-0.2, -0.15) is 4.98 Å². The van der Waals surface area contributed by atoms with Gasteiger partial charge in [0.15, 0.2) is 5.16 Å². The summed E-state index contributed by atoms with van der Waals surface area (Å²) in [5.74, 6) is 0.386. The Labute approximate surface area is 191 Å². The highest BCUT2D eigenvalue weighted by molar-refractivity contribution is 7.99. The lowest BCUT2D eigenvalue weighted by Gasteiger charge is -2.14. The first-order valence-electron chi connectivity index (χ1n) is 9.23. The number of benzene rings is 1. The van der Waals surface area contributed by atoms with Gasteiger partial charge in [0.05, 0.1) is 10.7 Å². The molecule has 0 aliphatic rings. The number of thioether (sulfide) groups is 1. The quantitative estimate of drug-likeness (QED) is 0.138. The summed E-state index contributed by atoms with van der Waals surface area (Å²) in [5.41, 5.74) is 6.05. The molecule has 0 aliphatic heterocycles. The number of anilines is 2. The maximum atomic E-state index is 12.2. The van der Waals surface area contributed by atoms with Crippen molar-refractivity contribution >= 4 is 46.6 Å². The Hall–Kier alpha value is -3.64. The second kappa shape index (κ2) is 10.6. The molecule has 0 atom stereocenters. The van der Waals surface area contributed by atoms with Crippen molar-refractivity contribution in [2.24, 2.45) is 0 Å². The highest BCUT2D eigenvalue weighted by atomic mass is 35.5. The Kier molecular flexibility index (Phi) is 7.63. The molecular weight excluding hydrogens is 458 g/mol. The number of nitrogens with one attached hydrogen (secondary N) is 2. The number of nitrogens with two attached hydrogens (primary N) is 1. The third-order valence-electron chi connectivity index (χ3n) is 4.06. The molecule has 0 unspecified atom stereocenters. The average Bonchev–Trinajstić information content (AvgIpc) is 2.76. The van der Waals surface area contributed by atoms with Gasteiger partial charge >= 0.3 is 0 Å². The van der Waals surface area contributed by atoms with Crippen molar-refractivity contribution in [1.29, 1.82) is 0 Å². The molecule has 4 N–H and O–H groups in total. The number of rotatable bonds is 9. The predicted octanol–water partition coefficient (Wildman–Crippen LogP) is 2.09. The van der Waals surface area contributed by atoms with E-state index in [1.807, 2.05) is 0 Å².